The van der Waals surface area contributed by atoms with Crippen LogP contribution in [0.15, 0.2) is 42.5 Å². The first kappa shape index (κ1) is 27.0. The van der Waals surface area contributed by atoms with Crippen LogP contribution >= 0.6 is 23.2 Å². The maximum absolute atomic E-state index is 13.5. The molecule has 0 bridgehead atoms. The Labute approximate surface area is 205 Å². The predicted octanol–water partition coefficient (Wildman–Crippen LogP) is 4.01. The van der Waals surface area contributed by atoms with Gasteiger partial charge >= 0.3 is 0 Å². The molecule has 180 valence electrons. The minimum Gasteiger partial charge on any atom is -0.352 e. The summed E-state index contributed by atoms with van der Waals surface area (Å²) in [6, 6.07) is 10.9. The molecule has 1 unspecified atom stereocenters. The van der Waals surface area contributed by atoms with E-state index >= 15 is 0 Å². The largest absolute Gasteiger partial charge is 0.352 e. The molecule has 10 heteroatoms. The van der Waals surface area contributed by atoms with Gasteiger partial charge in [-0.1, -0.05) is 47.5 Å². The lowest BCUT2D eigenvalue weighted by atomic mass is 10.1. The lowest BCUT2D eigenvalue weighted by Gasteiger charge is -2.32. The van der Waals surface area contributed by atoms with E-state index in [1.54, 1.807) is 6.92 Å². The highest BCUT2D eigenvalue weighted by Crippen LogP contribution is 2.31. The van der Waals surface area contributed by atoms with Crippen LogP contribution in [0.1, 0.15) is 31.9 Å². The molecular formula is C23H29Cl2N3O4S. The van der Waals surface area contributed by atoms with Crippen LogP contribution in [-0.2, 0) is 26.2 Å². The molecule has 0 aliphatic rings. The fraction of sp³-hybridized carbons (Fsp3) is 0.391. The van der Waals surface area contributed by atoms with E-state index in [1.807, 2.05) is 45.0 Å². The zero-order chi connectivity index (χ0) is 24.9. The van der Waals surface area contributed by atoms with E-state index in [-0.39, 0.29) is 34.2 Å². The standard InChI is InChI=1S/C23H29Cl2N3O4S/c1-15(2)26-23(30)17(4)27(13-18-9-7-6-8-16(18)3)22(29)14-28(33(5,31)32)21-12-19(24)10-11-20(21)25/h6-12,15,17H,13-14H2,1-5H3,(H,26,30). The number of carbonyl (C=O) groups is 2. The Morgan fingerprint density at radius 2 is 1.70 bits per heavy atom. The zero-order valence-corrected chi connectivity index (χ0v) is 21.6. The molecular weight excluding hydrogens is 485 g/mol. The van der Waals surface area contributed by atoms with Crippen molar-refractivity contribution in [3.8, 4) is 0 Å². The number of aryl methyl sites for hydroxylation is 1. The molecule has 0 fully saturated rings. The molecule has 2 amide bonds. The van der Waals surface area contributed by atoms with Crippen molar-refractivity contribution < 1.29 is 18.0 Å². The Balaban J connectivity index is 2.45. The second-order valence-electron chi connectivity index (χ2n) is 8.15. The highest BCUT2D eigenvalue weighted by molar-refractivity contribution is 7.92. The topological polar surface area (TPSA) is 86.8 Å². The number of hydrogen-bond donors (Lipinski definition) is 1. The lowest BCUT2D eigenvalue weighted by molar-refractivity contribution is -0.139. The highest BCUT2D eigenvalue weighted by Gasteiger charge is 2.31. The van der Waals surface area contributed by atoms with Crippen molar-refractivity contribution in [2.24, 2.45) is 0 Å². The van der Waals surface area contributed by atoms with Crippen LogP contribution in [0.4, 0.5) is 5.69 Å². The highest BCUT2D eigenvalue weighted by atomic mass is 35.5. The summed E-state index contributed by atoms with van der Waals surface area (Å²) >= 11 is 12.3. The first-order chi connectivity index (χ1) is 15.3. The monoisotopic (exact) mass is 513 g/mol. The van der Waals surface area contributed by atoms with Gasteiger partial charge in [0.2, 0.25) is 21.8 Å². The zero-order valence-electron chi connectivity index (χ0n) is 19.3. The molecule has 0 saturated carbocycles. The smallest absolute Gasteiger partial charge is 0.244 e. The summed E-state index contributed by atoms with van der Waals surface area (Å²) in [6.45, 7) is 6.77. The van der Waals surface area contributed by atoms with Gasteiger partial charge in [0, 0.05) is 17.6 Å². The Morgan fingerprint density at radius 3 is 2.27 bits per heavy atom. The Kier molecular flexibility index (Phi) is 9.17. The third kappa shape index (κ3) is 7.35. The Morgan fingerprint density at radius 1 is 1.06 bits per heavy atom. The molecule has 33 heavy (non-hydrogen) atoms. The number of rotatable bonds is 9. The first-order valence-electron chi connectivity index (χ1n) is 10.4. The summed E-state index contributed by atoms with van der Waals surface area (Å²) in [6.07, 6.45) is 0.984. The summed E-state index contributed by atoms with van der Waals surface area (Å²) in [5.74, 6) is -0.884. The third-order valence-electron chi connectivity index (χ3n) is 5.06. The van der Waals surface area contributed by atoms with Gasteiger partial charge in [0.1, 0.15) is 12.6 Å². The van der Waals surface area contributed by atoms with Crippen LogP contribution in [0.5, 0.6) is 0 Å². The van der Waals surface area contributed by atoms with Crippen molar-refractivity contribution in [1.29, 1.82) is 0 Å². The Bertz CT molecular complexity index is 1120. The van der Waals surface area contributed by atoms with Gasteiger partial charge in [-0.3, -0.25) is 13.9 Å². The van der Waals surface area contributed by atoms with E-state index in [9.17, 15) is 18.0 Å². The van der Waals surface area contributed by atoms with E-state index < -0.39 is 28.5 Å². The molecule has 0 heterocycles. The van der Waals surface area contributed by atoms with Crippen molar-refractivity contribution in [2.75, 3.05) is 17.1 Å². The van der Waals surface area contributed by atoms with Crippen molar-refractivity contribution in [3.63, 3.8) is 0 Å². The molecule has 7 nitrogen and oxygen atoms in total. The summed E-state index contributed by atoms with van der Waals surface area (Å²) in [5, 5.41) is 3.21. The number of benzene rings is 2. The summed E-state index contributed by atoms with van der Waals surface area (Å²) in [5.41, 5.74) is 1.89. The number of nitrogens with one attached hydrogen (secondary N) is 1. The van der Waals surface area contributed by atoms with Gasteiger partial charge in [0.15, 0.2) is 0 Å². The minimum atomic E-state index is -3.89. The molecule has 2 rings (SSSR count). The number of amides is 2. The van der Waals surface area contributed by atoms with Crippen molar-refractivity contribution in [3.05, 3.63) is 63.6 Å². The van der Waals surface area contributed by atoms with Gasteiger partial charge < -0.3 is 10.2 Å². The van der Waals surface area contributed by atoms with Crippen LogP contribution in [-0.4, -0.2) is 50.0 Å². The predicted molar refractivity (Wildman–Crippen MR) is 133 cm³/mol. The molecule has 1 N–H and O–H groups in total. The number of sulfonamides is 1. The molecule has 0 radical (unpaired) electrons. The molecule has 0 spiro atoms. The van der Waals surface area contributed by atoms with Crippen LogP contribution in [0.25, 0.3) is 0 Å². The van der Waals surface area contributed by atoms with E-state index in [0.29, 0.717) is 0 Å². The molecule has 0 saturated heterocycles. The Hall–Kier alpha value is -2.29. The average Bonchev–Trinajstić information content (AvgIpc) is 2.71. The maximum Gasteiger partial charge on any atom is 0.244 e. The van der Waals surface area contributed by atoms with Gasteiger partial charge in [-0.05, 0) is 57.0 Å². The number of hydrogen-bond acceptors (Lipinski definition) is 4. The summed E-state index contributed by atoms with van der Waals surface area (Å²) in [4.78, 5) is 27.6. The van der Waals surface area contributed by atoms with E-state index in [1.165, 1.54) is 23.1 Å². The van der Waals surface area contributed by atoms with Crippen molar-refractivity contribution in [2.45, 2.75) is 46.3 Å². The molecule has 0 aromatic heterocycles. The van der Waals surface area contributed by atoms with Crippen LogP contribution in [0.2, 0.25) is 10.0 Å². The summed E-state index contributed by atoms with van der Waals surface area (Å²) in [7, 11) is -3.89. The van der Waals surface area contributed by atoms with Gasteiger partial charge in [0.25, 0.3) is 0 Å². The van der Waals surface area contributed by atoms with Gasteiger partial charge in [-0.25, -0.2) is 8.42 Å². The van der Waals surface area contributed by atoms with Gasteiger partial charge in [-0.2, -0.15) is 0 Å². The fourth-order valence-corrected chi connectivity index (χ4v) is 4.52. The second kappa shape index (κ2) is 11.2. The van der Waals surface area contributed by atoms with Gasteiger partial charge in [0.05, 0.1) is 17.0 Å². The molecule has 2 aromatic rings. The SMILES string of the molecule is Cc1ccccc1CN(C(=O)CN(c1cc(Cl)ccc1Cl)S(C)(=O)=O)C(C)C(=O)NC(C)C. The minimum absolute atomic E-state index is 0.0927. The number of anilines is 1. The quantitative estimate of drug-likeness (QED) is 0.548. The van der Waals surface area contributed by atoms with Crippen molar-refractivity contribution in [1.82, 2.24) is 10.2 Å². The van der Waals surface area contributed by atoms with E-state index in [0.717, 1.165) is 21.7 Å². The third-order valence-corrected chi connectivity index (χ3v) is 6.74. The maximum atomic E-state index is 13.5. The van der Waals surface area contributed by atoms with Gasteiger partial charge in [-0.15, -0.1) is 0 Å². The molecule has 0 aliphatic heterocycles. The van der Waals surface area contributed by atoms with E-state index in [4.69, 9.17) is 23.2 Å². The number of nitrogens with zero attached hydrogens (tertiary/aromatic N) is 2. The van der Waals surface area contributed by atoms with Crippen LogP contribution < -0.4 is 9.62 Å². The number of halogens is 2. The van der Waals surface area contributed by atoms with E-state index in [2.05, 4.69) is 5.32 Å². The van der Waals surface area contributed by atoms with Crippen LogP contribution in [0, 0.1) is 6.92 Å². The average molecular weight is 514 g/mol. The lowest BCUT2D eigenvalue weighted by Crippen LogP contribution is -2.52. The normalized spacial score (nSPS) is 12.4. The van der Waals surface area contributed by atoms with Crippen LogP contribution in [0.3, 0.4) is 0 Å². The van der Waals surface area contributed by atoms with Crippen molar-refractivity contribution >= 4 is 50.7 Å². The molecule has 0 aliphatic carbocycles. The first-order valence-corrected chi connectivity index (χ1v) is 13.0. The summed E-state index contributed by atoms with van der Waals surface area (Å²) < 4.78 is 26.1. The number of carbonyl (C=O) groups excluding carboxylic acids is 2. The molecule has 2 aromatic carbocycles. The second-order valence-corrected chi connectivity index (χ2v) is 10.9. The fourth-order valence-electron chi connectivity index (χ4n) is 3.23. The molecule has 1 atom stereocenters.